The first kappa shape index (κ1) is 52.1. The fourth-order valence-electron chi connectivity index (χ4n) is 8.76. The second kappa shape index (κ2) is 34.7. The lowest BCUT2D eigenvalue weighted by Crippen LogP contribution is -2.33. The third-order valence-electron chi connectivity index (χ3n) is 12.2. The van der Waals surface area contributed by atoms with Crippen molar-refractivity contribution < 1.29 is 9.47 Å². The van der Waals surface area contributed by atoms with Crippen LogP contribution < -0.4 is 0 Å². The Morgan fingerprint density at radius 2 is 1.12 bits per heavy atom. The number of aromatic nitrogens is 1. The van der Waals surface area contributed by atoms with Crippen LogP contribution in [0.15, 0.2) is 73.1 Å². The Labute approximate surface area is 361 Å². The van der Waals surface area contributed by atoms with Gasteiger partial charge in [-0.3, -0.25) is 4.98 Å². The third-order valence-corrected chi connectivity index (χ3v) is 12.2. The zero-order chi connectivity index (χ0) is 41.8. The number of ether oxygens (including phenoxy) is 2. The van der Waals surface area contributed by atoms with E-state index in [2.05, 4.69) is 112 Å². The smallest absolute Gasteiger partial charge is 0.168 e. The molecule has 4 nitrogen and oxygen atoms in total. The van der Waals surface area contributed by atoms with Crippen LogP contribution in [0.5, 0.6) is 0 Å². The molecule has 4 heteroatoms. The average Bonchev–Trinajstić information content (AvgIpc) is 3.62. The molecule has 0 bridgehead atoms. The second-order valence-electron chi connectivity index (χ2n) is 18.6. The second-order valence-corrected chi connectivity index (χ2v) is 18.6. The third kappa shape index (κ3) is 27.0. The molecule has 58 heavy (non-hydrogen) atoms. The summed E-state index contributed by atoms with van der Waals surface area (Å²) in [5.74, 6) is 0.246. The van der Waals surface area contributed by atoms with E-state index in [0.29, 0.717) is 5.92 Å². The van der Waals surface area contributed by atoms with Crippen LogP contribution in [0.25, 0.3) is 0 Å². The molecule has 1 aliphatic heterocycles. The molecule has 0 aliphatic carbocycles. The van der Waals surface area contributed by atoms with Crippen LogP contribution in [0.2, 0.25) is 0 Å². The molecule has 1 aromatic heterocycles. The Balaban J connectivity index is 1.70. The molecule has 2 rings (SSSR count). The van der Waals surface area contributed by atoms with Crippen LogP contribution in [0.3, 0.4) is 0 Å². The van der Waals surface area contributed by atoms with Gasteiger partial charge in [0, 0.05) is 38.3 Å². The highest BCUT2D eigenvalue weighted by Crippen LogP contribution is 2.36. The first-order valence-electron chi connectivity index (χ1n) is 24.8. The average molecular weight is 803 g/mol. The molecule has 0 aromatic carbocycles. The van der Waals surface area contributed by atoms with Crippen molar-refractivity contribution in [1.82, 2.24) is 9.88 Å². The van der Waals surface area contributed by atoms with Crippen molar-refractivity contribution >= 4 is 0 Å². The van der Waals surface area contributed by atoms with Gasteiger partial charge in [0.25, 0.3) is 0 Å². The first-order valence-corrected chi connectivity index (χ1v) is 24.8. The summed E-state index contributed by atoms with van der Waals surface area (Å²) in [5.41, 5.74) is 1.53. The zero-order valence-electron chi connectivity index (χ0n) is 39.2. The van der Waals surface area contributed by atoms with Gasteiger partial charge in [-0.2, -0.15) is 0 Å². The van der Waals surface area contributed by atoms with Crippen molar-refractivity contribution in [3.63, 3.8) is 0 Å². The van der Waals surface area contributed by atoms with Gasteiger partial charge in [-0.05, 0) is 126 Å². The number of hydrogen-bond donors (Lipinski definition) is 0. The summed E-state index contributed by atoms with van der Waals surface area (Å²) in [6.45, 7) is 14.6. The summed E-state index contributed by atoms with van der Waals surface area (Å²) in [6.07, 6.45) is 58.0. The fraction of sp³-hybridized carbons (Fsp3) is 0.759. The lowest BCUT2D eigenvalue weighted by atomic mass is 9.78. The molecule has 0 saturated carbocycles. The maximum Gasteiger partial charge on any atom is 0.168 e. The van der Waals surface area contributed by atoms with Gasteiger partial charge in [0.2, 0.25) is 0 Å². The summed E-state index contributed by atoms with van der Waals surface area (Å²) >= 11 is 0. The molecule has 332 valence electrons. The van der Waals surface area contributed by atoms with Crippen LogP contribution in [0.1, 0.15) is 220 Å². The van der Waals surface area contributed by atoms with Crippen molar-refractivity contribution in [3.05, 3.63) is 78.7 Å². The number of unbranched alkanes of at least 4 members (excludes halogenated alkanes) is 18. The van der Waals surface area contributed by atoms with Crippen LogP contribution in [0.4, 0.5) is 0 Å². The first-order chi connectivity index (χ1) is 28.3. The molecular weight excluding hydrogens is 709 g/mol. The van der Waals surface area contributed by atoms with Gasteiger partial charge in [-0.1, -0.05) is 160 Å². The molecule has 0 radical (unpaired) electrons. The van der Waals surface area contributed by atoms with Gasteiger partial charge >= 0.3 is 0 Å². The van der Waals surface area contributed by atoms with E-state index in [0.717, 1.165) is 58.2 Å². The Bertz CT molecular complexity index is 1140. The van der Waals surface area contributed by atoms with E-state index in [1.807, 2.05) is 12.4 Å². The van der Waals surface area contributed by atoms with Crippen molar-refractivity contribution in [2.45, 2.75) is 232 Å². The van der Waals surface area contributed by atoms with Gasteiger partial charge < -0.3 is 14.4 Å². The summed E-state index contributed by atoms with van der Waals surface area (Å²) in [4.78, 5) is 6.74. The van der Waals surface area contributed by atoms with Gasteiger partial charge in [0.1, 0.15) is 0 Å². The van der Waals surface area contributed by atoms with E-state index >= 15 is 0 Å². The summed E-state index contributed by atoms with van der Waals surface area (Å²) in [6, 6.07) is 4.35. The fourth-order valence-corrected chi connectivity index (χ4v) is 8.76. The van der Waals surface area contributed by atoms with Gasteiger partial charge in [0.05, 0.1) is 12.7 Å². The largest absolute Gasteiger partial charge is 0.347 e. The van der Waals surface area contributed by atoms with Crippen molar-refractivity contribution in [2.24, 2.45) is 5.92 Å². The molecule has 1 fully saturated rings. The zero-order valence-corrected chi connectivity index (χ0v) is 39.2. The summed E-state index contributed by atoms with van der Waals surface area (Å²) in [5, 5.41) is 0. The van der Waals surface area contributed by atoms with E-state index in [4.69, 9.17) is 9.47 Å². The highest BCUT2D eigenvalue weighted by Gasteiger charge is 2.40. The minimum atomic E-state index is -0.365. The number of rotatable bonds is 38. The maximum absolute atomic E-state index is 6.91. The molecule has 0 spiro atoms. The molecule has 2 unspecified atom stereocenters. The minimum absolute atomic E-state index is 0.148. The van der Waals surface area contributed by atoms with Crippen LogP contribution in [0, 0.1) is 5.92 Å². The van der Waals surface area contributed by atoms with Crippen molar-refractivity contribution in [1.29, 1.82) is 0 Å². The van der Waals surface area contributed by atoms with Gasteiger partial charge in [0.15, 0.2) is 5.79 Å². The number of nitrogens with zero attached hydrogens (tertiary/aromatic N) is 2. The Kier molecular flexibility index (Phi) is 31.2. The van der Waals surface area contributed by atoms with E-state index in [-0.39, 0.29) is 17.3 Å². The predicted molar refractivity (Wildman–Crippen MR) is 255 cm³/mol. The summed E-state index contributed by atoms with van der Waals surface area (Å²) in [7, 11) is 2.28. The van der Waals surface area contributed by atoms with Crippen LogP contribution in [-0.4, -0.2) is 48.5 Å². The van der Waals surface area contributed by atoms with Gasteiger partial charge in [-0.25, -0.2) is 0 Å². The van der Waals surface area contributed by atoms with Crippen LogP contribution in [-0.2, 0) is 14.9 Å². The molecule has 2 atom stereocenters. The molecule has 1 aliphatic rings. The monoisotopic (exact) mass is 803 g/mol. The van der Waals surface area contributed by atoms with E-state index in [1.54, 1.807) is 0 Å². The highest BCUT2D eigenvalue weighted by molar-refractivity contribution is 5.20. The highest BCUT2D eigenvalue weighted by atomic mass is 16.7. The lowest BCUT2D eigenvalue weighted by molar-refractivity contribution is -0.180. The normalized spacial score (nSPS) is 16.7. The maximum atomic E-state index is 6.91. The van der Waals surface area contributed by atoms with Crippen molar-refractivity contribution in [2.75, 3.05) is 26.7 Å². The van der Waals surface area contributed by atoms with Crippen molar-refractivity contribution in [3.8, 4) is 0 Å². The Morgan fingerprint density at radius 3 is 1.60 bits per heavy atom. The minimum Gasteiger partial charge on any atom is -0.347 e. The predicted octanol–water partition coefficient (Wildman–Crippen LogP) is 16.2. The molecular formula is C54H94N2O2. The molecule has 2 heterocycles. The van der Waals surface area contributed by atoms with E-state index in [1.165, 1.54) is 147 Å². The van der Waals surface area contributed by atoms with E-state index in [9.17, 15) is 0 Å². The molecule has 1 saturated heterocycles. The lowest BCUT2D eigenvalue weighted by Gasteiger charge is -2.31. The number of allylic oxidation sites excluding steroid dienone is 8. The Morgan fingerprint density at radius 1 is 0.672 bits per heavy atom. The standard InChI is InChI=1S/C54H94N2O2/c1-7-9-11-13-15-17-19-21-23-25-27-29-31-33-35-37-42-54(43-38-36-34-32-30-28-26-24-22-20-18-16-14-12-10-8-2)57-49-52(58-54)41-46-56(6)48-50(3)47-53(4,5)51-39-44-55-45-40-51/h15-18,21-24,39-40,44-45,50,52H,7-14,19-20,25-38,41-43,46-49H2,1-6H3/b17-15-,18-16-,23-21-,24-22-. The van der Waals surface area contributed by atoms with Crippen LogP contribution >= 0.6 is 0 Å². The molecule has 0 amide bonds. The number of pyridine rings is 1. The quantitative estimate of drug-likeness (QED) is 0.0493. The van der Waals surface area contributed by atoms with Gasteiger partial charge in [-0.15, -0.1) is 0 Å². The molecule has 0 N–H and O–H groups in total. The van der Waals surface area contributed by atoms with E-state index < -0.39 is 0 Å². The Hall–Kier alpha value is -2.01. The number of hydrogen-bond acceptors (Lipinski definition) is 4. The topological polar surface area (TPSA) is 34.6 Å². The molecule has 1 aromatic rings. The summed E-state index contributed by atoms with van der Waals surface area (Å²) < 4.78 is 13.6. The SMILES string of the molecule is CCCCC/C=C\C/C=C\CCCCCCCCC1(CCCCCCCC/C=C\C/C=C\CCCCC)OCC(CCN(C)CC(C)CC(C)(C)c2ccncc2)O1.